The summed E-state index contributed by atoms with van der Waals surface area (Å²) >= 11 is 0. The molecule has 6 heteroatoms. The van der Waals surface area contributed by atoms with E-state index in [1.54, 1.807) is 0 Å². The second-order valence-corrected chi connectivity index (χ2v) is 5.73. The van der Waals surface area contributed by atoms with Gasteiger partial charge < -0.3 is 14.6 Å². The Balaban J connectivity index is 1.38. The molecule has 3 atom stereocenters. The van der Waals surface area contributed by atoms with Gasteiger partial charge in [-0.3, -0.25) is 9.59 Å². The third kappa shape index (κ3) is 3.00. The van der Waals surface area contributed by atoms with Crippen LogP contribution >= 0.6 is 0 Å². The van der Waals surface area contributed by atoms with Crippen molar-refractivity contribution < 1.29 is 18.8 Å². The van der Waals surface area contributed by atoms with Crippen LogP contribution in [0.5, 0.6) is 0 Å². The number of rotatable bonds is 5. The van der Waals surface area contributed by atoms with E-state index in [9.17, 15) is 9.59 Å². The van der Waals surface area contributed by atoms with E-state index in [0.29, 0.717) is 24.1 Å². The molecule has 2 fully saturated rings. The minimum absolute atomic E-state index is 0.271. The van der Waals surface area contributed by atoms with Crippen LogP contribution in [0, 0.1) is 17.8 Å². The number of anilines is 1. The second kappa shape index (κ2) is 5.64. The molecule has 0 saturated heterocycles. The van der Waals surface area contributed by atoms with Gasteiger partial charge in [0.2, 0.25) is 0 Å². The molecular weight excluding hydrogens is 260 g/mol. The van der Waals surface area contributed by atoms with Gasteiger partial charge in [-0.05, 0) is 37.0 Å². The quantitative estimate of drug-likeness (QED) is 0.833. The molecule has 1 heterocycles. The summed E-state index contributed by atoms with van der Waals surface area (Å²) in [5.41, 5.74) is 0. The molecule has 0 unspecified atom stereocenters. The Morgan fingerprint density at radius 1 is 1.40 bits per heavy atom. The van der Waals surface area contributed by atoms with Crippen molar-refractivity contribution in [2.24, 2.45) is 17.8 Å². The molecule has 2 aliphatic carbocycles. The summed E-state index contributed by atoms with van der Waals surface area (Å²) in [6, 6.07) is 1.52. The Hall–Kier alpha value is -1.85. The molecular formula is C14H18N2O4. The molecule has 2 bridgehead atoms. The fourth-order valence-electron chi connectivity index (χ4n) is 3.50. The monoisotopic (exact) mass is 278 g/mol. The van der Waals surface area contributed by atoms with Crippen molar-refractivity contribution in [1.29, 1.82) is 0 Å². The highest BCUT2D eigenvalue weighted by atomic mass is 16.5. The number of amides is 1. The normalized spacial score (nSPS) is 27.5. The zero-order chi connectivity index (χ0) is 13.9. The van der Waals surface area contributed by atoms with Gasteiger partial charge in [0, 0.05) is 12.5 Å². The number of hydrogen-bond acceptors (Lipinski definition) is 5. The molecule has 1 aromatic rings. The molecule has 20 heavy (non-hydrogen) atoms. The van der Waals surface area contributed by atoms with Crippen LogP contribution in [0.3, 0.4) is 0 Å². The van der Waals surface area contributed by atoms with Crippen molar-refractivity contribution >= 4 is 17.7 Å². The maximum absolute atomic E-state index is 11.7. The minimum atomic E-state index is -0.403. The average Bonchev–Trinajstić information content (AvgIpc) is 3.13. The summed E-state index contributed by atoms with van der Waals surface area (Å²) in [4.78, 5) is 23.3. The number of aromatic nitrogens is 1. The number of nitrogens with one attached hydrogen (secondary N) is 1. The number of carbonyl (C=O) groups is 2. The van der Waals surface area contributed by atoms with Gasteiger partial charge in [0.1, 0.15) is 6.26 Å². The summed E-state index contributed by atoms with van der Waals surface area (Å²) in [5.74, 6) is 1.60. The fraction of sp³-hybridized carbons (Fsp3) is 0.643. The summed E-state index contributed by atoms with van der Waals surface area (Å²) in [5, 5.41) is 6.02. The van der Waals surface area contributed by atoms with Crippen molar-refractivity contribution in [1.82, 2.24) is 5.16 Å². The van der Waals surface area contributed by atoms with Crippen LogP contribution in [0.4, 0.5) is 5.82 Å². The molecule has 0 aromatic carbocycles. The highest BCUT2D eigenvalue weighted by molar-refractivity contribution is 5.91. The largest absolute Gasteiger partial charge is 0.456 e. The highest BCUT2D eigenvalue weighted by Crippen LogP contribution is 2.49. The van der Waals surface area contributed by atoms with Crippen molar-refractivity contribution in [3.63, 3.8) is 0 Å². The van der Waals surface area contributed by atoms with E-state index in [2.05, 4.69) is 15.0 Å². The molecule has 0 radical (unpaired) electrons. The summed E-state index contributed by atoms with van der Waals surface area (Å²) in [6.07, 6.45) is 6.77. The van der Waals surface area contributed by atoms with Crippen molar-refractivity contribution in [2.75, 3.05) is 11.9 Å². The number of hydrogen-bond donors (Lipinski definition) is 1. The first-order valence-electron chi connectivity index (χ1n) is 7.06. The zero-order valence-corrected chi connectivity index (χ0v) is 11.2. The van der Waals surface area contributed by atoms with E-state index < -0.39 is 5.91 Å². The van der Waals surface area contributed by atoms with E-state index in [1.165, 1.54) is 31.6 Å². The predicted octanol–water partition coefficient (Wildman–Crippen LogP) is 1.98. The summed E-state index contributed by atoms with van der Waals surface area (Å²) in [6.45, 7) is -0.271. The van der Waals surface area contributed by atoms with Crippen molar-refractivity contribution in [2.45, 2.75) is 32.1 Å². The van der Waals surface area contributed by atoms with E-state index >= 15 is 0 Å². The van der Waals surface area contributed by atoms with Crippen LogP contribution in [-0.2, 0) is 14.3 Å². The lowest BCUT2D eigenvalue weighted by Gasteiger charge is -2.20. The lowest BCUT2D eigenvalue weighted by Crippen LogP contribution is -2.23. The van der Waals surface area contributed by atoms with Crippen LogP contribution in [0.25, 0.3) is 0 Å². The van der Waals surface area contributed by atoms with Gasteiger partial charge in [-0.15, -0.1) is 0 Å². The Bertz CT molecular complexity index is 485. The van der Waals surface area contributed by atoms with Crippen LogP contribution < -0.4 is 5.32 Å². The molecule has 2 saturated carbocycles. The SMILES string of the molecule is O=C(COC(=O)C[C@@H]1C[C@H]2CC[C@H]1C2)Nc1ccon1. The molecule has 1 amide bonds. The van der Waals surface area contributed by atoms with Gasteiger partial charge in [0.15, 0.2) is 12.4 Å². The number of esters is 1. The third-order valence-electron chi connectivity index (χ3n) is 4.38. The number of carbonyl (C=O) groups excluding carboxylic acids is 2. The van der Waals surface area contributed by atoms with Gasteiger partial charge in [0.05, 0.1) is 0 Å². The average molecular weight is 278 g/mol. The van der Waals surface area contributed by atoms with Crippen LogP contribution in [0.1, 0.15) is 32.1 Å². The lowest BCUT2D eigenvalue weighted by molar-refractivity contribution is -0.148. The molecule has 2 aliphatic rings. The lowest BCUT2D eigenvalue weighted by atomic mass is 9.86. The number of nitrogens with zero attached hydrogens (tertiary/aromatic N) is 1. The van der Waals surface area contributed by atoms with Crippen molar-refractivity contribution in [3.05, 3.63) is 12.3 Å². The van der Waals surface area contributed by atoms with Crippen LogP contribution in [0.15, 0.2) is 16.9 Å². The highest BCUT2D eigenvalue weighted by Gasteiger charge is 2.40. The number of ether oxygens (including phenoxy) is 1. The smallest absolute Gasteiger partial charge is 0.306 e. The predicted molar refractivity (Wildman–Crippen MR) is 69.6 cm³/mol. The van der Waals surface area contributed by atoms with E-state index in [0.717, 1.165) is 12.3 Å². The van der Waals surface area contributed by atoms with Crippen LogP contribution in [-0.4, -0.2) is 23.6 Å². The Morgan fingerprint density at radius 3 is 2.95 bits per heavy atom. The van der Waals surface area contributed by atoms with E-state index in [1.807, 2.05) is 0 Å². The Kier molecular flexibility index (Phi) is 3.71. The maximum atomic E-state index is 11.7. The molecule has 3 rings (SSSR count). The molecule has 1 aromatic heterocycles. The zero-order valence-electron chi connectivity index (χ0n) is 11.2. The topological polar surface area (TPSA) is 81.4 Å². The molecule has 0 aliphatic heterocycles. The minimum Gasteiger partial charge on any atom is -0.456 e. The molecule has 1 N–H and O–H groups in total. The van der Waals surface area contributed by atoms with Gasteiger partial charge >= 0.3 is 5.97 Å². The summed E-state index contributed by atoms with van der Waals surface area (Å²) in [7, 11) is 0. The Morgan fingerprint density at radius 2 is 2.30 bits per heavy atom. The fourth-order valence-corrected chi connectivity index (χ4v) is 3.50. The first-order valence-corrected chi connectivity index (χ1v) is 7.06. The van der Waals surface area contributed by atoms with Gasteiger partial charge in [-0.1, -0.05) is 11.6 Å². The van der Waals surface area contributed by atoms with E-state index in [-0.39, 0.29) is 12.6 Å². The van der Waals surface area contributed by atoms with Crippen molar-refractivity contribution in [3.8, 4) is 0 Å². The molecule has 108 valence electrons. The molecule has 0 spiro atoms. The molecule has 6 nitrogen and oxygen atoms in total. The first-order chi connectivity index (χ1) is 9.70. The van der Waals surface area contributed by atoms with Gasteiger partial charge in [-0.2, -0.15) is 0 Å². The van der Waals surface area contributed by atoms with Gasteiger partial charge in [0.25, 0.3) is 5.91 Å². The summed E-state index contributed by atoms with van der Waals surface area (Å²) < 4.78 is 9.60. The number of fused-ring (bicyclic) bond motifs is 2. The Labute approximate surface area is 116 Å². The van der Waals surface area contributed by atoms with E-state index in [4.69, 9.17) is 4.74 Å². The maximum Gasteiger partial charge on any atom is 0.306 e. The first kappa shape index (κ1) is 13.1. The second-order valence-electron chi connectivity index (χ2n) is 5.73. The third-order valence-corrected chi connectivity index (χ3v) is 4.38. The van der Waals surface area contributed by atoms with Gasteiger partial charge in [-0.25, -0.2) is 0 Å². The van der Waals surface area contributed by atoms with Crippen LogP contribution in [0.2, 0.25) is 0 Å². The standard InChI is InChI=1S/C14H18N2O4/c17-13(15-12-3-4-20-16-12)8-19-14(18)7-11-6-9-1-2-10(11)5-9/h3-4,9-11H,1-2,5-8H2,(H,15,16,17)/t9-,10-,11-/m0/s1.